The summed E-state index contributed by atoms with van der Waals surface area (Å²) in [5.41, 5.74) is 0.533. The summed E-state index contributed by atoms with van der Waals surface area (Å²) in [5.74, 6) is 1.34. The molecule has 4 nitrogen and oxygen atoms in total. The van der Waals surface area contributed by atoms with E-state index in [0.29, 0.717) is 11.3 Å². The van der Waals surface area contributed by atoms with Crippen molar-refractivity contribution in [1.82, 2.24) is 5.32 Å². The van der Waals surface area contributed by atoms with Gasteiger partial charge in [0.05, 0.1) is 12.7 Å². The maximum absolute atomic E-state index is 8.88. The Labute approximate surface area is 101 Å². The van der Waals surface area contributed by atoms with E-state index < -0.39 is 0 Å². The van der Waals surface area contributed by atoms with Gasteiger partial charge in [0.15, 0.2) is 0 Å². The van der Waals surface area contributed by atoms with Gasteiger partial charge in [0, 0.05) is 6.07 Å². The molecule has 0 atom stereocenters. The van der Waals surface area contributed by atoms with Crippen molar-refractivity contribution < 1.29 is 9.47 Å². The van der Waals surface area contributed by atoms with E-state index in [1.54, 1.807) is 19.2 Å². The number of nitriles is 1. The normalized spacial score (nSPS) is 16.2. The average Bonchev–Trinajstić information content (AvgIpc) is 2.40. The van der Waals surface area contributed by atoms with Crippen LogP contribution in [0.2, 0.25) is 0 Å². The SMILES string of the molecule is COc1cc(OC2CCNCC2)ccc1C#N. The number of piperidine rings is 1. The minimum atomic E-state index is 0.258. The van der Waals surface area contributed by atoms with Gasteiger partial charge in [0.2, 0.25) is 0 Å². The van der Waals surface area contributed by atoms with Crippen LogP contribution in [0.3, 0.4) is 0 Å². The number of hydrogen-bond donors (Lipinski definition) is 1. The molecule has 0 aromatic heterocycles. The van der Waals surface area contributed by atoms with Gasteiger partial charge in [-0.25, -0.2) is 0 Å². The third-order valence-electron chi connectivity index (χ3n) is 2.88. The topological polar surface area (TPSA) is 54.3 Å². The summed E-state index contributed by atoms with van der Waals surface area (Å²) in [6.45, 7) is 2.00. The van der Waals surface area contributed by atoms with E-state index in [2.05, 4.69) is 11.4 Å². The van der Waals surface area contributed by atoms with Crippen LogP contribution in [0.25, 0.3) is 0 Å². The monoisotopic (exact) mass is 232 g/mol. The van der Waals surface area contributed by atoms with E-state index in [4.69, 9.17) is 14.7 Å². The van der Waals surface area contributed by atoms with Crippen molar-refractivity contribution in [2.75, 3.05) is 20.2 Å². The summed E-state index contributed by atoms with van der Waals surface area (Å²) >= 11 is 0. The second kappa shape index (κ2) is 5.55. The predicted octanol–water partition coefficient (Wildman–Crippen LogP) is 1.70. The molecule has 1 heterocycles. The zero-order chi connectivity index (χ0) is 12.1. The molecule has 0 aliphatic carbocycles. The summed E-state index contributed by atoms with van der Waals surface area (Å²) in [7, 11) is 1.56. The molecule has 90 valence electrons. The highest BCUT2D eigenvalue weighted by Crippen LogP contribution is 2.25. The average molecular weight is 232 g/mol. The molecule has 0 bridgehead atoms. The van der Waals surface area contributed by atoms with Crippen LogP contribution < -0.4 is 14.8 Å². The lowest BCUT2D eigenvalue weighted by Gasteiger charge is -2.24. The molecular weight excluding hydrogens is 216 g/mol. The minimum absolute atomic E-state index is 0.258. The van der Waals surface area contributed by atoms with Crippen LogP contribution in [0.15, 0.2) is 18.2 Å². The molecule has 17 heavy (non-hydrogen) atoms. The van der Waals surface area contributed by atoms with Crippen LogP contribution in [0, 0.1) is 11.3 Å². The first-order valence-corrected chi connectivity index (χ1v) is 5.79. The van der Waals surface area contributed by atoms with Gasteiger partial charge in [0.1, 0.15) is 23.7 Å². The van der Waals surface area contributed by atoms with Crippen LogP contribution in [0.4, 0.5) is 0 Å². The van der Waals surface area contributed by atoms with E-state index >= 15 is 0 Å². The molecule has 0 radical (unpaired) electrons. The highest BCUT2D eigenvalue weighted by Gasteiger charge is 2.15. The molecule has 0 saturated carbocycles. The van der Waals surface area contributed by atoms with Gasteiger partial charge in [-0.1, -0.05) is 0 Å². The zero-order valence-corrected chi connectivity index (χ0v) is 9.90. The molecule has 1 aliphatic rings. The van der Waals surface area contributed by atoms with Gasteiger partial charge in [-0.05, 0) is 38.1 Å². The lowest BCUT2D eigenvalue weighted by atomic mass is 10.1. The van der Waals surface area contributed by atoms with Crippen molar-refractivity contribution in [3.63, 3.8) is 0 Å². The van der Waals surface area contributed by atoms with E-state index in [0.717, 1.165) is 31.7 Å². The van der Waals surface area contributed by atoms with Gasteiger partial charge < -0.3 is 14.8 Å². The molecule has 0 spiro atoms. The number of hydrogen-bond acceptors (Lipinski definition) is 4. The smallest absolute Gasteiger partial charge is 0.140 e. The van der Waals surface area contributed by atoms with Crippen LogP contribution in [-0.2, 0) is 0 Å². The molecule has 1 fully saturated rings. The molecule has 1 aliphatic heterocycles. The first kappa shape index (κ1) is 11.7. The lowest BCUT2D eigenvalue weighted by molar-refractivity contribution is 0.162. The van der Waals surface area contributed by atoms with Crippen LogP contribution >= 0.6 is 0 Å². The maximum Gasteiger partial charge on any atom is 0.140 e. The molecular formula is C13H16N2O2. The van der Waals surface area contributed by atoms with Crippen LogP contribution in [0.5, 0.6) is 11.5 Å². The van der Waals surface area contributed by atoms with Crippen molar-refractivity contribution in [3.8, 4) is 17.6 Å². The number of nitrogens with zero attached hydrogens (tertiary/aromatic N) is 1. The molecule has 1 N–H and O–H groups in total. The predicted molar refractivity (Wildman–Crippen MR) is 64.2 cm³/mol. The third kappa shape index (κ3) is 2.89. The van der Waals surface area contributed by atoms with Crippen molar-refractivity contribution >= 4 is 0 Å². The van der Waals surface area contributed by atoms with Crippen molar-refractivity contribution in [2.45, 2.75) is 18.9 Å². The molecule has 0 unspecified atom stereocenters. The van der Waals surface area contributed by atoms with E-state index in [1.165, 1.54) is 0 Å². The Morgan fingerprint density at radius 3 is 2.76 bits per heavy atom. The minimum Gasteiger partial charge on any atom is -0.495 e. The number of rotatable bonds is 3. The van der Waals surface area contributed by atoms with Crippen LogP contribution in [-0.4, -0.2) is 26.3 Å². The van der Waals surface area contributed by atoms with Gasteiger partial charge in [-0.3, -0.25) is 0 Å². The third-order valence-corrected chi connectivity index (χ3v) is 2.88. The van der Waals surface area contributed by atoms with Gasteiger partial charge in [-0.2, -0.15) is 5.26 Å². The summed E-state index contributed by atoms with van der Waals surface area (Å²) < 4.78 is 11.0. The fraction of sp³-hybridized carbons (Fsp3) is 0.462. The van der Waals surface area contributed by atoms with Crippen molar-refractivity contribution in [3.05, 3.63) is 23.8 Å². The largest absolute Gasteiger partial charge is 0.495 e. The fourth-order valence-corrected chi connectivity index (χ4v) is 1.94. The van der Waals surface area contributed by atoms with Crippen molar-refractivity contribution in [1.29, 1.82) is 5.26 Å². The van der Waals surface area contributed by atoms with E-state index in [9.17, 15) is 0 Å². The molecule has 2 rings (SSSR count). The first-order chi connectivity index (χ1) is 8.33. The Balaban J connectivity index is 2.08. The zero-order valence-electron chi connectivity index (χ0n) is 9.90. The Kier molecular flexibility index (Phi) is 3.84. The quantitative estimate of drug-likeness (QED) is 0.861. The highest BCUT2D eigenvalue weighted by molar-refractivity contribution is 5.47. The number of methoxy groups -OCH3 is 1. The molecule has 4 heteroatoms. The maximum atomic E-state index is 8.88. The van der Waals surface area contributed by atoms with E-state index in [-0.39, 0.29) is 6.10 Å². The number of benzene rings is 1. The van der Waals surface area contributed by atoms with Gasteiger partial charge in [-0.15, -0.1) is 0 Å². The Bertz CT molecular complexity index is 420. The lowest BCUT2D eigenvalue weighted by Crippen LogP contribution is -2.34. The fourth-order valence-electron chi connectivity index (χ4n) is 1.94. The van der Waals surface area contributed by atoms with Crippen molar-refractivity contribution in [2.24, 2.45) is 0 Å². The summed E-state index contributed by atoms with van der Waals surface area (Å²) in [5, 5.41) is 12.2. The van der Waals surface area contributed by atoms with Gasteiger partial charge >= 0.3 is 0 Å². The number of ether oxygens (including phenoxy) is 2. The van der Waals surface area contributed by atoms with E-state index in [1.807, 2.05) is 6.07 Å². The highest BCUT2D eigenvalue weighted by atomic mass is 16.5. The second-order valence-corrected chi connectivity index (χ2v) is 4.04. The standard InChI is InChI=1S/C13H16N2O2/c1-16-13-8-12(3-2-10(13)9-14)17-11-4-6-15-7-5-11/h2-3,8,11,15H,4-7H2,1H3. The summed E-state index contributed by atoms with van der Waals surface area (Å²) in [4.78, 5) is 0. The Hall–Kier alpha value is -1.73. The Morgan fingerprint density at radius 1 is 1.35 bits per heavy atom. The second-order valence-electron chi connectivity index (χ2n) is 4.04. The Morgan fingerprint density at radius 2 is 2.12 bits per heavy atom. The molecule has 1 aromatic carbocycles. The number of nitrogens with one attached hydrogen (secondary N) is 1. The molecule has 1 aromatic rings. The summed E-state index contributed by atoms with van der Waals surface area (Å²) in [6, 6.07) is 7.42. The molecule has 1 saturated heterocycles. The van der Waals surface area contributed by atoms with Gasteiger partial charge in [0.25, 0.3) is 0 Å². The van der Waals surface area contributed by atoms with Crippen LogP contribution in [0.1, 0.15) is 18.4 Å². The first-order valence-electron chi connectivity index (χ1n) is 5.79. The summed E-state index contributed by atoms with van der Waals surface area (Å²) in [6.07, 6.45) is 2.29. The molecule has 0 amide bonds.